The van der Waals surface area contributed by atoms with Crippen molar-refractivity contribution >= 4 is 23.8 Å². The number of hydrogen-bond acceptors (Lipinski definition) is 6. The van der Waals surface area contributed by atoms with Crippen LogP contribution in [0, 0.1) is 5.92 Å². The van der Waals surface area contributed by atoms with Crippen LogP contribution in [-0.4, -0.2) is 39.0 Å². The zero-order chi connectivity index (χ0) is 17.8. The van der Waals surface area contributed by atoms with Crippen molar-refractivity contribution in [3.63, 3.8) is 0 Å². The number of hydrogen-bond donors (Lipinski definition) is 0. The van der Waals surface area contributed by atoms with Gasteiger partial charge in [-0.1, -0.05) is 26.2 Å². The summed E-state index contributed by atoms with van der Waals surface area (Å²) in [4.78, 5) is 27.2. The van der Waals surface area contributed by atoms with Gasteiger partial charge in [0.25, 0.3) is 0 Å². The monoisotopic (exact) mass is 335 g/mol. The van der Waals surface area contributed by atoms with Crippen molar-refractivity contribution in [2.75, 3.05) is 20.8 Å². The Morgan fingerprint density at radius 1 is 1.04 bits per heavy atom. The van der Waals surface area contributed by atoms with Crippen molar-refractivity contribution < 1.29 is 23.8 Å². The molecule has 0 aromatic heterocycles. The van der Waals surface area contributed by atoms with E-state index < -0.39 is 17.9 Å². The Hall–Kier alpha value is -2.37. The zero-order valence-corrected chi connectivity index (χ0v) is 14.5. The second-order valence-electron chi connectivity index (χ2n) is 5.21. The Kier molecular flexibility index (Phi) is 9.19. The van der Waals surface area contributed by atoms with Crippen LogP contribution in [0.25, 0.3) is 0 Å². The lowest BCUT2D eigenvalue weighted by molar-refractivity contribution is -0.154. The normalized spacial score (nSPS) is 10.8. The fourth-order valence-electron chi connectivity index (χ4n) is 1.98. The summed E-state index contributed by atoms with van der Waals surface area (Å²) in [5.74, 6) is -1.83. The summed E-state index contributed by atoms with van der Waals surface area (Å²) in [6.45, 7) is 2.86. The number of ether oxygens (including phenoxy) is 3. The molecule has 132 valence electrons. The smallest absolute Gasteiger partial charge is 0.325 e. The molecule has 1 aromatic carbocycles. The van der Waals surface area contributed by atoms with Crippen LogP contribution in [0.4, 0.5) is 5.69 Å². The molecule has 0 aliphatic heterocycles. The Labute approximate surface area is 142 Å². The first-order valence-electron chi connectivity index (χ1n) is 8.05. The molecule has 0 unspecified atom stereocenters. The molecule has 0 N–H and O–H groups in total. The predicted octanol–water partition coefficient (Wildman–Crippen LogP) is 3.31. The molecule has 1 aromatic rings. The van der Waals surface area contributed by atoms with Gasteiger partial charge >= 0.3 is 11.9 Å². The zero-order valence-electron chi connectivity index (χ0n) is 14.5. The number of unbranched alkanes of at least 4 members (excludes halogenated alkanes) is 3. The van der Waals surface area contributed by atoms with Gasteiger partial charge in [0.2, 0.25) is 0 Å². The SMILES string of the molecule is CCCCCCOc1ccc(N=CC(C(=O)OC)C(=O)OC)cc1. The minimum atomic E-state index is -1.17. The Morgan fingerprint density at radius 2 is 1.67 bits per heavy atom. The summed E-state index contributed by atoms with van der Waals surface area (Å²) in [5, 5.41) is 0. The summed E-state index contributed by atoms with van der Waals surface area (Å²) in [5.41, 5.74) is 0.603. The van der Waals surface area contributed by atoms with Gasteiger partial charge in [0.05, 0.1) is 26.5 Å². The fourth-order valence-corrected chi connectivity index (χ4v) is 1.98. The molecule has 0 bridgehead atoms. The van der Waals surface area contributed by atoms with E-state index in [1.165, 1.54) is 39.7 Å². The van der Waals surface area contributed by atoms with Gasteiger partial charge in [-0.2, -0.15) is 0 Å². The van der Waals surface area contributed by atoms with E-state index in [-0.39, 0.29) is 0 Å². The van der Waals surface area contributed by atoms with Gasteiger partial charge in [-0.05, 0) is 30.7 Å². The highest BCUT2D eigenvalue weighted by Crippen LogP contribution is 2.18. The van der Waals surface area contributed by atoms with Crippen molar-refractivity contribution in [1.29, 1.82) is 0 Å². The molecule has 6 heteroatoms. The molecular formula is C18H25NO5. The molecule has 0 heterocycles. The lowest BCUT2D eigenvalue weighted by atomic mass is 10.2. The fraction of sp³-hybridized carbons (Fsp3) is 0.500. The first kappa shape index (κ1) is 19.7. The van der Waals surface area contributed by atoms with Gasteiger partial charge in [0.15, 0.2) is 5.92 Å². The maximum Gasteiger partial charge on any atom is 0.325 e. The van der Waals surface area contributed by atoms with Gasteiger partial charge in [0.1, 0.15) is 5.75 Å². The van der Waals surface area contributed by atoms with Gasteiger partial charge < -0.3 is 14.2 Å². The Balaban J connectivity index is 2.58. The van der Waals surface area contributed by atoms with E-state index in [0.29, 0.717) is 12.3 Å². The van der Waals surface area contributed by atoms with E-state index in [0.717, 1.165) is 12.2 Å². The highest BCUT2D eigenvalue weighted by atomic mass is 16.5. The largest absolute Gasteiger partial charge is 0.494 e. The van der Waals surface area contributed by atoms with Crippen molar-refractivity contribution in [2.24, 2.45) is 10.9 Å². The molecule has 1 rings (SSSR count). The molecule has 0 saturated heterocycles. The predicted molar refractivity (Wildman–Crippen MR) is 91.8 cm³/mol. The molecule has 0 saturated carbocycles. The second-order valence-corrected chi connectivity index (χ2v) is 5.21. The van der Waals surface area contributed by atoms with E-state index in [9.17, 15) is 9.59 Å². The van der Waals surface area contributed by atoms with E-state index in [2.05, 4.69) is 21.4 Å². The molecule has 0 fully saturated rings. The molecule has 24 heavy (non-hydrogen) atoms. The van der Waals surface area contributed by atoms with Crippen LogP contribution in [0.2, 0.25) is 0 Å². The average molecular weight is 335 g/mol. The minimum Gasteiger partial charge on any atom is -0.494 e. The highest BCUT2D eigenvalue weighted by Gasteiger charge is 2.26. The molecule has 0 spiro atoms. The third-order valence-electron chi connectivity index (χ3n) is 3.39. The number of aliphatic imine (C=N–C) groups is 1. The number of rotatable bonds is 10. The number of nitrogens with zero attached hydrogens (tertiary/aromatic N) is 1. The maximum atomic E-state index is 11.5. The summed E-state index contributed by atoms with van der Waals surface area (Å²) >= 11 is 0. The third-order valence-corrected chi connectivity index (χ3v) is 3.39. The van der Waals surface area contributed by atoms with Gasteiger partial charge in [-0.15, -0.1) is 0 Å². The molecule has 6 nitrogen and oxygen atoms in total. The second kappa shape index (κ2) is 11.2. The quantitative estimate of drug-likeness (QED) is 0.284. The van der Waals surface area contributed by atoms with Gasteiger partial charge in [-0.3, -0.25) is 14.6 Å². The summed E-state index contributed by atoms with van der Waals surface area (Å²) in [6, 6.07) is 7.11. The Morgan fingerprint density at radius 3 is 2.21 bits per heavy atom. The summed E-state index contributed by atoms with van der Waals surface area (Å²) in [7, 11) is 2.41. The summed E-state index contributed by atoms with van der Waals surface area (Å²) in [6.07, 6.45) is 5.84. The van der Waals surface area contributed by atoms with Gasteiger partial charge in [-0.25, -0.2) is 0 Å². The van der Waals surface area contributed by atoms with Crippen LogP contribution in [0.5, 0.6) is 5.75 Å². The van der Waals surface area contributed by atoms with Crippen LogP contribution in [-0.2, 0) is 19.1 Å². The molecule has 0 atom stereocenters. The van der Waals surface area contributed by atoms with E-state index in [4.69, 9.17) is 4.74 Å². The van der Waals surface area contributed by atoms with Crippen molar-refractivity contribution in [3.05, 3.63) is 24.3 Å². The van der Waals surface area contributed by atoms with E-state index >= 15 is 0 Å². The van der Waals surface area contributed by atoms with Crippen LogP contribution >= 0.6 is 0 Å². The molecule has 0 amide bonds. The lowest BCUT2D eigenvalue weighted by Gasteiger charge is -2.07. The van der Waals surface area contributed by atoms with Crippen molar-refractivity contribution in [1.82, 2.24) is 0 Å². The number of methoxy groups -OCH3 is 2. The number of carbonyl (C=O) groups is 2. The molecule has 0 aliphatic rings. The Bertz CT molecular complexity index is 523. The first-order chi connectivity index (χ1) is 11.6. The topological polar surface area (TPSA) is 74.2 Å². The van der Waals surface area contributed by atoms with E-state index in [1.807, 2.05) is 0 Å². The lowest BCUT2D eigenvalue weighted by Crippen LogP contribution is -2.27. The number of esters is 2. The molecule has 0 aliphatic carbocycles. The molecule has 0 radical (unpaired) electrons. The standard InChI is InChI=1S/C18H25NO5/c1-4-5-6-7-12-24-15-10-8-14(9-11-15)19-13-16(17(20)22-2)18(21)23-3/h8-11,13,16H,4-7,12H2,1-3H3. The minimum absolute atomic E-state index is 0.603. The van der Waals surface area contributed by atoms with Crippen molar-refractivity contribution in [3.8, 4) is 5.75 Å². The average Bonchev–Trinajstić information content (AvgIpc) is 2.62. The first-order valence-corrected chi connectivity index (χ1v) is 8.05. The number of carbonyl (C=O) groups excluding carboxylic acids is 2. The van der Waals surface area contributed by atoms with Crippen molar-refractivity contribution in [2.45, 2.75) is 32.6 Å². The summed E-state index contributed by atoms with van der Waals surface area (Å²) < 4.78 is 14.8. The van der Waals surface area contributed by atoms with Gasteiger partial charge in [0, 0.05) is 6.21 Å². The van der Waals surface area contributed by atoms with Crippen LogP contribution < -0.4 is 4.74 Å². The highest BCUT2D eigenvalue weighted by molar-refractivity contribution is 6.09. The third kappa shape index (κ3) is 6.81. The number of benzene rings is 1. The maximum absolute atomic E-state index is 11.5. The van der Waals surface area contributed by atoms with Crippen LogP contribution in [0.1, 0.15) is 32.6 Å². The van der Waals surface area contributed by atoms with E-state index in [1.54, 1.807) is 24.3 Å². The molecular weight excluding hydrogens is 310 g/mol. The van der Waals surface area contributed by atoms with Crippen LogP contribution in [0.15, 0.2) is 29.3 Å². The van der Waals surface area contributed by atoms with Crippen LogP contribution in [0.3, 0.4) is 0 Å².